The Kier molecular flexibility index (Phi) is 6.79. The molecule has 1 aromatic heterocycles. The molecule has 2 nitrogen and oxygen atoms in total. The second kappa shape index (κ2) is 9.18. The van der Waals surface area contributed by atoms with Crippen LogP contribution in [0, 0.1) is 0 Å². The third-order valence-electron chi connectivity index (χ3n) is 6.20. The van der Waals surface area contributed by atoms with E-state index in [9.17, 15) is 0 Å². The van der Waals surface area contributed by atoms with Gasteiger partial charge in [-0.3, -0.25) is 0 Å². The van der Waals surface area contributed by atoms with Gasteiger partial charge in [0.25, 0.3) is 0 Å². The van der Waals surface area contributed by atoms with Gasteiger partial charge in [0, 0.05) is 18.1 Å². The molecule has 0 saturated heterocycles. The summed E-state index contributed by atoms with van der Waals surface area (Å²) in [6.45, 7) is 17.5. The Balaban J connectivity index is 2.18. The van der Waals surface area contributed by atoms with Gasteiger partial charge in [0.15, 0.2) is 0 Å². The summed E-state index contributed by atoms with van der Waals surface area (Å²) in [5, 5.41) is 5.13. The quantitative estimate of drug-likeness (QED) is 0.413. The van der Waals surface area contributed by atoms with Crippen LogP contribution in [0.25, 0.3) is 22.7 Å². The van der Waals surface area contributed by atoms with Crippen molar-refractivity contribution in [3.05, 3.63) is 77.0 Å². The van der Waals surface area contributed by atoms with Crippen LogP contribution < -0.4 is 5.32 Å². The fourth-order valence-corrected chi connectivity index (χ4v) is 4.43. The molecule has 0 unspecified atom stereocenters. The van der Waals surface area contributed by atoms with Gasteiger partial charge in [-0.2, -0.15) is 0 Å². The summed E-state index contributed by atoms with van der Waals surface area (Å²) < 4.78 is 2.34. The number of allylic oxidation sites excluding steroid dienone is 1. The molecule has 3 rings (SSSR count). The van der Waals surface area contributed by atoms with Gasteiger partial charge in [-0.25, -0.2) is 0 Å². The molecular formula is C29H38N2. The summed E-state index contributed by atoms with van der Waals surface area (Å²) in [6.07, 6.45) is 7.26. The summed E-state index contributed by atoms with van der Waals surface area (Å²) in [4.78, 5) is 0. The van der Waals surface area contributed by atoms with Crippen molar-refractivity contribution in [2.45, 2.75) is 66.2 Å². The fraction of sp³-hybridized carbons (Fsp3) is 0.379. The Morgan fingerprint density at radius 2 is 1.81 bits per heavy atom. The minimum Gasteiger partial charge on any atom is -0.354 e. The van der Waals surface area contributed by atoms with Gasteiger partial charge in [0.2, 0.25) is 0 Å². The van der Waals surface area contributed by atoms with Crippen molar-refractivity contribution in [1.82, 2.24) is 4.57 Å². The van der Waals surface area contributed by atoms with Crippen molar-refractivity contribution in [2.75, 3.05) is 5.32 Å². The number of para-hydroxylation sites is 1. The normalized spacial score (nSPS) is 12.4. The Morgan fingerprint density at radius 3 is 2.39 bits per heavy atom. The van der Waals surface area contributed by atoms with E-state index in [2.05, 4.69) is 108 Å². The SMILES string of the molecule is C=Cc1cc(C(C)(C)C)cc(N/C(=C\CC)c2cc3cccc(CC)c3n2C)c1CC. The Bertz CT molecular complexity index is 1120. The maximum absolute atomic E-state index is 4.09. The molecule has 0 amide bonds. The van der Waals surface area contributed by atoms with Crippen LogP contribution in [0.15, 0.2) is 49.1 Å². The Labute approximate surface area is 188 Å². The first kappa shape index (κ1) is 22.9. The number of nitrogens with one attached hydrogen (secondary N) is 1. The zero-order valence-electron chi connectivity index (χ0n) is 20.4. The van der Waals surface area contributed by atoms with Gasteiger partial charge in [0.05, 0.1) is 16.9 Å². The molecule has 31 heavy (non-hydrogen) atoms. The summed E-state index contributed by atoms with van der Waals surface area (Å²) in [6, 6.07) is 13.6. The number of aryl methyl sites for hydroxylation is 2. The monoisotopic (exact) mass is 414 g/mol. The largest absolute Gasteiger partial charge is 0.354 e. The lowest BCUT2D eigenvalue weighted by Gasteiger charge is -2.24. The molecule has 0 bridgehead atoms. The molecule has 0 aliphatic heterocycles. The van der Waals surface area contributed by atoms with Crippen LogP contribution in [-0.4, -0.2) is 4.57 Å². The van der Waals surface area contributed by atoms with E-state index in [4.69, 9.17) is 0 Å². The maximum Gasteiger partial charge on any atom is 0.0651 e. The van der Waals surface area contributed by atoms with E-state index in [-0.39, 0.29) is 5.41 Å². The van der Waals surface area contributed by atoms with Gasteiger partial charge in [-0.15, -0.1) is 0 Å². The summed E-state index contributed by atoms with van der Waals surface area (Å²) in [7, 11) is 2.18. The van der Waals surface area contributed by atoms with Crippen molar-refractivity contribution in [2.24, 2.45) is 7.05 Å². The second-order valence-electron chi connectivity index (χ2n) is 9.35. The molecule has 0 fully saturated rings. The van der Waals surface area contributed by atoms with Crippen molar-refractivity contribution >= 4 is 28.4 Å². The van der Waals surface area contributed by atoms with E-state index in [1.807, 2.05) is 6.08 Å². The highest BCUT2D eigenvalue weighted by molar-refractivity contribution is 5.90. The lowest BCUT2D eigenvalue weighted by molar-refractivity contribution is 0.590. The average Bonchev–Trinajstić information content (AvgIpc) is 3.08. The maximum atomic E-state index is 4.09. The molecule has 0 atom stereocenters. The summed E-state index contributed by atoms with van der Waals surface area (Å²) >= 11 is 0. The third-order valence-corrected chi connectivity index (χ3v) is 6.20. The molecule has 164 valence electrons. The topological polar surface area (TPSA) is 17.0 Å². The molecule has 0 spiro atoms. The predicted molar refractivity (Wildman–Crippen MR) is 139 cm³/mol. The van der Waals surface area contributed by atoms with Gasteiger partial charge in [-0.05, 0) is 59.1 Å². The second-order valence-corrected chi connectivity index (χ2v) is 9.35. The number of anilines is 1. The lowest BCUT2D eigenvalue weighted by Crippen LogP contribution is -2.14. The average molecular weight is 415 g/mol. The van der Waals surface area contributed by atoms with Crippen molar-refractivity contribution in [1.29, 1.82) is 0 Å². The molecule has 3 aromatic rings. The van der Waals surface area contributed by atoms with E-state index in [0.717, 1.165) is 19.3 Å². The van der Waals surface area contributed by atoms with E-state index < -0.39 is 0 Å². The number of rotatable bonds is 7. The lowest BCUT2D eigenvalue weighted by atomic mass is 9.84. The van der Waals surface area contributed by atoms with Crippen LogP contribution in [0.2, 0.25) is 0 Å². The standard InChI is InChI=1S/C29H38N2/c1-9-14-25(27-18-22-16-13-15-20(10-2)28(22)31(27)8)30-26-19-23(29(5,6)7)17-21(11-3)24(26)12-4/h11,13-19,30H,3,9-10,12H2,1-2,4-8H3/b25-14-. The molecular weight excluding hydrogens is 376 g/mol. The molecule has 0 aliphatic rings. The van der Waals surface area contributed by atoms with Crippen molar-refractivity contribution in [3.8, 4) is 0 Å². The van der Waals surface area contributed by atoms with Crippen LogP contribution in [0.5, 0.6) is 0 Å². The van der Waals surface area contributed by atoms with E-state index in [0.29, 0.717) is 0 Å². The minimum atomic E-state index is 0.0742. The zero-order valence-corrected chi connectivity index (χ0v) is 20.4. The van der Waals surface area contributed by atoms with Gasteiger partial charge >= 0.3 is 0 Å². The molecule has 2 heteroatoms. The highest BCUT2D eigenvalue weighted by Crippen LogP contribution is 2.34. The minimum absolute atomic E-state index is 0.0742. The number of nitrogens with zero attached hydrogens (tertiary/aromatic N) is 1. The molecule has 1 N–H and O–H groups in total. The number of benzene rings is 2. The molecule has 2 aromatic carbocycles. The first-order chi connectivity index (χ1) is 14.7. The number of hydrogen-bond donors (Lipinski definition) is 1. The number of aromatic nitrogens is 1. The Morgan fingerprint density at radius 1 is 1.06 bits per heavy atom. The van der Waals surface area contributed by atoms with Gasteiger partial charge in [0.1, 0.15) is 0 Å². The van der Waals surface area contributed by atoms with Gasteiger partial charge in [-0.1, -0.05) is 84.5 Å². The molecule has 0 aliphatic carbocycles. The summed E-state index contributed by atoms with van der Waals surface area (Å²) in [5.41, 5.74) is 10.2. The highest BCUT2D eigenvalue weighted by atomic mass is 15.0. The van der Waals surface area contributed by atoms with Crippen molar-refractivity contribution in [3.63, 3.8) is 0 Å². The highest BCUT2D eigenvalue weighted by Gasteiger charge is 2.19. The van der Waals surface area contributed by atoms with E-state index in [1.54, 1.807) is 0 Å². The fourth-order valence-electron chi connectivity index (χ4n) is 4.43. The van der Waals surface area contributed by atoms with Crippen LogP contribution in [0.4, 0.5) is 5.69 Å². The Hall–Kier alpha value is -2.74. The van der Waals surface area contributed by atoms with E-state index in [1.165, 1.54) is 50.2 Å². The van der Waals surface area contributed by atoms with Crippen LogP contribution in [0.1, 0.15) is 75.9 Å². The first-order valence-corrected chi connectivity index (χ1v) is 11.6. The molecule has 1 heterocycles. The molecule has 0 radical (unpaired) electrons. The zero-order chi connectivity index (χ0) is 22.8. The first-order valence-electron chi connectivity index (χ1n) is 11.6. The number of fused-ring (bicyclic) bond motifs is 1. The van der Waals surface area contributed by atoms with Gasteiger partial charge < -0.3 is 9.88 Å². The number of hydrogen-bond acceptors (Lipinski definition) is 1. The summed E-state index contributed by atoms with van der Waals surface area (Å²) in [5.74, 6) is 0. The molecule has 0 saturated carbocycles. The van der Waals surface area contributed by atoms with Crippen molar-refractivity contribution < 1.29 is 0 Å². The van der Waals surface area contributed by atoms with Crippen LogP contribution >= 0.6 is 0 Å². The smallest absolute Gasteiger partial charge is 0.0651 e. The van der Waals surface area contributed by atoms with Crippen LogP contribution in [-0.2, 0) is 25.3 Å². The predicted octanol–water partition coefficient (Wildman–Crippen LogP) is 8.11. The van der Waals surface area contributed by atoms with E-state index >= 15 is 0 Å². The van der Waals surface area contributed by atoms with Crippen LogP contribution in [0.3, 0.4) is 0 Å². The third kappa shape index (κ3) is 4.49.